The fraction of sp³-hybridized carbons (Fsp3) is 0.556. The third kappa shape index (κ3) is 5.04. The van der Waals surface area contributed by atoms with Gasteiger partial charge in [0.25, 0.3) is 0 Å². The summed E-state index contributed by atoms with van der Waals surface area (Å²) in [5.74, 6) is 0.124. The van der Waals surface area contributed by atoms with E-state index in [-0.39, 0.29) is 5.76 Å². The van der Waals surface area contributed by atoms with Gasteiger partial charge in [0.05, 0.1) is 0 Å². The van der Waals surface area contributed by atoms with Crippen molar-refractivity contribution in [3.8, 4) is 0 Å². The summed E-state index contributed by atoms with van der Waals surface area (Å²) in [6, 6.07) is 10.4. The summed E-state index contributed by atoms with van der Waals surface area (Å²) in [4.78, 5) is 4.58. The van der Waals surface area contributed by atoms with Crippen LogP contribution in [0.5, 0.6) is 0 Å². The van der Waals surface area contributed by atoms with E-state index in [2.05, 4.69) is 41.0 Å². The summed E-state index contributed by atoms with van der Waals surface area (Å²) < 4.78 is 0. The van der Waals surface area contributed by atoms with Gasteiger partial charge in [0.1, 0.15) is 11.9 Å². The van der Waals surface area contributed by atoms with Crippen LogP contribution in [0.1, 0.15) is 26.2 Å². The number of piperazine rings is 1. The molecule has 0 amide bonds. The minimum Gasteiger partial charge on any atom is -0.510 e. The van der Waals surface area contributed by atoms with Gasteiger partial charge in [-0.2, -0.15) is 0 Å². The maximum Gasteiger partial charge on any atom is 0.123 e. The van der Waals surface area contributed by atoms with Crippen molar-refractivity contribution in [1.29, 1.82) is 0 Å². The Hall–Kier alpha value is -1.52. The monoisotopic (exact) mass is 304 g/mol. The Labute approximate surface area is 133 Å². The van der Waals surface area contributed by atoms with Crippen LogP contribution in [0.3, 0.4) is 0 Å². The molecule has 1 aromatic carbocycles. The number of rotatable bonds is 7. The van der Waals surface area contributed by atoms with Crippen molar-refractivity contribution in [3.05, 3.63) is 42.2 Å². The molecule has 1 fully saturated rings. The molecule has 1 aliphatic rings. The summed E-state index contributed by atoms with van der Waals surface area (Å²) in [6.07, 6.45) is 3.98. The Balaban J connectivity index is 1.76. The molecule has 1 atom stereocenters. The van der Waals surface area contributed by atoms with E-state index in [1.165, 1.54) is 5.69 Å². The quantitative estimate of drug-likeness (QED) is 0.601. The fourth-order valence-electron chi connectivity index (χ4n) is 2.76. The van der Waals surface area contributed by atoms with Crippen molar-refractivity contribution in [1.82, 2.24) is 4.90 Å². The summed E-state index contributed by atoms with van der Waals surface area (Å²) >= 11 is 0. The smallest absolute Gasteiger partial charge is 0.123 e. The molecule has 1 aromatic rings. The van der Waals surface area contributed by atoms with Gasteiger partial charge in [-0.3, -0.25) is 4.90 Å². The van der Waals surface area contributed by atoms with Gasteiger partial charge in [-0.1, -0.05) is 31.5 Å². The third-order valence-electron chi connectivity index (χ3n) is 4.18. The predicted octanol–water partition coefficient (Wildman–Crippen LogP) is 2.80. The molecular weight excluding hydrogens is 276 g/mol. The lowest BCUT2D eigenvalue weighted by Crippen LogP contribution is -2.48. The summed E-state index contributed by atoms with van der Waals surface area (Å²) in [5, 5.41) is 20.0. The topological polar surface area (TPSA) is 46.9 Å². The first-order valence-electron chi connectivity index (χ1n) is 8.30. The average Bonchev–Trinajstić information content (AvgIpc) is 2.56. The molecule has 1 aliphatic heterocycles. The van der Waals surface area contributed by atoms with Gasteiger partial charge in [-0.15, -0.1) is 0 Å². The number of para-hydroxylation sites is 1. The molecular formula is C18H28N2O2. The van der Waals surface area contributed by atoms with Crippen LogP contribution in [-0.2, 0) is 0 Å². The van der Waals surface area contributed by atoms with E-state index in [1.807, 2.05) is 6.07 Å². The second kappa shape index (κ2) is 8.81. The number of aliphatic hydroxyl groups is 2. The van der Waals surface area contributed by atoms with Crippen LogP contribution in [0, 0.1) is 0 Å². The van der Waals surface area contributed by atoms with Gasteiger partial charge in [0.15, 0.2) is 0 Å². The number of unbranched alkanes of at least 4 members (excludes halogenated alkanes) is 2. The molecule has 22 heavy (non-hydrogen) atoms. The molecule has 0 aromatic heterocycles. The first kappa shape index (κ1) is 16.8. The highest BCUT2D eigenvalue weighted by molar-refractivity contribution is 5.46. The number of aliphatic hydroxyl groups excluding tert-OH is 2. The lowest BCUT2D eigenvalue weighted by molar-refractivity contribution is 0.0990. The second-order valence-corrected chi connectivity index (χ2v) is 5.91. The highest BCUT2D eigenvalue weighted by Crippen LogP contribution is 2.16. The van der Waals surface area contributed by atoms with Crippen molar-refractivity contribution in [2.24, 2.45) is 0 Å². The molecule has 0 radical (unpaired) electrons. The largest absolute Gasteiger partial charge is 0.510 e. The second-order valence-electron chi connectivity index (χ2n) is 5.91. The van der Waals surface area contributed by atoms with Crippen LogP contribution in [0.25, 0.3) is 0 Å². The lowest BCUT2D eigenvalue weighted by atomic mass is 10.1. The SMILES string of the molecule is CCCC/C=C(\O)[C@@H](O)CN1CCN(c2ccccc2)CC1. The Kier molecular flexibility index (Phi) is 6.74. The Morgan fingerprint density at radius 1 is 1.18 bits per heavy atom. The van der Waals surface area contributed by atoms with E-state index in [9.17, 15) is 10.2 Å². The van der Waals surface area contributed by atoms with E-state index in [1.54, 1.807) is 6.08 Å². The lowest BCUT2D eigenvalue weighted by Gasteiger charge is -2.36. The Morgan fingerprint density at radius 2 is 1.86 bits per heavy atom. The first-order chi connectivity index (χ1) is 10.7. The van der Waals surface area contributed by atoms with Crippen molar-refractivity contribution in [3.63, 3.8) is 0 Å². The number of nitrogens with zero attached hydrogens (tertiary/aromatic N) is 2. The predicted molar refractivity (Wildman–Crippen MR) is 91.3 cm³/mol. The van der Waals surface area contributed by atoms with Crippen LogP contribution >= 0.6 is 0 Å². The third-order valence-corrected chi connectivity index (χ3v) is 4.18. The highest BCUT2D eigenvalue weighted by atomic mass is 16.3. The van der Waals surface area contributed by atoms with Crippen LogP contribution in [-0.4, -0.2) is 53.9 Å². The molecule has 1 saturated heterocycles. The standard InChI is InChI=1S/C18H28N2O2/c1-2-3-5-10-17(21)18(22)15-19-11-13-20(14-12-19)16-8-6-4-7-9-16/h4,6-10,18,21-22H,2-3,5,11-15H2,1H3/b17-10-/t18-/m0/s1. The van der Waals surface area contributed by atoms with Crippen molar-refractivity contribution in [2.45, 2.75) is 32.3 Å². The zero-order valence-electron chi connectivity index (χ0n) is 13.5. The highest BCUT2D eigenvalue weighted by Gasteiger charge is 2.20. The minimum absolute atomic E-state index is 0.124. The van der Waals surface area contributed by atoms with Crippen molar-refractivity contribution < 1.29 is 10.2 Å². The molecule has 2 rings (SSSR count). The normalized spacial score (nSPS) is 18.5. The number of hydrogen-bond acceptors (Lipinski definition) is 4. The van der Waals surface area contributed by atoms with Crippen LogP contribution < -0.4 is 4.90 Å². The van der Waals surface area contributed by atoms with Crippen LogP contribution in [0.2, 0.25) is 0 Å². The number of hydrogen-bond donors (Lipinski definition) is 2. The molecule has 0 aliphatic carbocycles. The molecule has 4 heteroatoms. The van der Waals surface area contributed by atoms with E-state index < -0.39 is 6.10 Å². The van der Waals surface area contributed by atoms with Gasteiger partial charge in [0.2, 0.25) is 0 Å². The van der Waals surface area contributed by atoms with E-state index in [4.69, 9.17) is 0 Å². The molecule has 0 unspecified atom stereocenters. The molecule has 122 valence electrons. The Bertz CT molecular complexity index is 453. The average molecular weight is 304 g/mol. The zero-order chi connectivity index (χ0) is 15.8. The first-order valence-corrected chi connectivity index (χ1v) is 8.30. The van der Waals surface area contributed by atoms with Gasteiger partial charge in [-0.25, -0.2) is 0 Å². The van der Waals surface area contributed by atoms with Gasteiger partial charge < -0.3 is 15.1 Å². The Morgan fingerprint density at radius 3 is 2.50 bits per heavy atom. The van der Waals surface area contributed by atoms with Crippen molar-refractivity contribution >= 4 is 5.69 Å². The van der Waals surface area contributed by atoms with Crippen LogP contribution in [0.15, 0.2) is 42.2 Å². The summed E-state index contributed by atoms with van der Waals surface area (Å²) in [7, 11) is 0. The molecule has 0 bridgehead atoms. The molecule has 4 nitrogen and oxygen atoms in total. The van der Waals surface area contributed by atoms with Crippen molar-refractivity contribution in [2.75, 3.05) is 37.6 Å². The van der Waals surface area contributed by atoms with Gasteiger partial charge in [0, 0.05) is 38.4 Å². The zero-order valence-corrected chi connectivity index (χ0v) is 13.5. The number of allylic oxidation sites excluding steroid dienone is 1. The fourth-order valence-corrected chi connectivity index (χ4v) is 2.76. The number of anilines is 1. The van der Waals surface area contributed by atoms with E-state index in [0.29, 0.717) is 6.54 Å². The van der Waals surface area contributed by atoms with Crippen LogP contribution in [0.4, 0.5) is 5.69 Å². The maximum absolute atomic E-state index is 10.1. The van der Waals surface area contributed by atoms with Gasteiger partial charge in [-0.05, 0) is 31.1 Å². The molecule has 0 saturated carbocycles. The summed E-state index contributed by atoms with van der Waals surface area (Å²) in [5.41, 5.74) is 1.25. The molecule has 0 spiro atoms. The summed E-state index contributed by atoms with van der Waals surface area (Å²) in [6.45, 7) is 6.36. The van der Waals surface area contributed by atoms with E-state index >= 15 is 0 Å². The van der Waals surface area contributed by atoms with Gasteiger partial charge >= 0.3 is 0 Å². The molecule has 1 heterocycles. The minimum atomic E-state index is -0.764. The van der Waals surface area contributed by atoms with E-state index in [0.717, 1.165) is 45.4 Å². The maximum atomic E-state index is 10.1. The number of benzene rings is 1. The number of β-amino-alcohol motifs (C(OH)–C–C–N with tert-alkyl or cyclic N) is 1. The molecule has 2 N–H and O–H groups in total.